The van der Waals surface area contributed by atoms with Gasteiger partial charge in [0.25, 0.3) is 0 Å². The van der Waals surface area contributed by atoms with Gasteiger partial charge in [-0.2, -0.15) is 0 Å². The zero-order chi connectivity index (χ0) is 6.74. The SMILES string of the molecule is CCNC1(CC)CCC1. The van der Waals surface area contributed by atoms with Crippen LogP contribution in [0.15, 0.2) is 0 Å². The van der Waals surface area contributed by atoms with E-state index in [-0.39, 0.29) is 0 Å². The maximum atomic E-state index is 3.55. The summed E-state index contributed by atoms with van der Waals surface area (Å²) in [6.07, 6.45) is 5.54. The average molecular weight is 127 g/mol. The smallest absolute Gasteiger partial charge is 0.0178 e. The molecule has 0 aromatic rings. The van der Waals surface area contributed by atoms with Crippen LogP contribution in [0.25, 0.3) is 0 Å². The van der Waals surface area contributed by atoms with Crippen LogP contribution >= 0.6 is 0 Å². The predicted molar refractivity (Wildman–Crippen MR) is 40.5 cm³/mol. The van der Waals surface area contributed by atoms with Gasteiger partial charge in [0.2, 0.25) is 0 Å². The molecule has 0 atom stereocenters. The molecular formula is C8H17N. The van der Waals surface area contributed by atoms with Gasteiger partial charge in [0.05, 0.1) is 0 Å². The quantitative estimate of drug-likeness (QED) is 0.611. The summed E-state index contributed by atoms with van der Waals surface area (Å²) in [6.45, 7) is 5.60. The van der Waals surface area contributed by atoms with E-state index in [1.807, 2.05) is 0 Å². The van der Waals surface area contributed by atoms with Crippen molar-refractivity contribution in [1.82, 2.24) is 5.32 Å². The molecule has 0 amide bonds. The van der Waals surface area contributed by atoms with E-state index in [4.69, 9.17) is 0 Å². The van der Waals surface area contributed by atoms with Crippen LogP contribution in [0.5, 0.6) is 0 Å². The van der Waals surface area contributed by atoms with Crippen LogP contribution in [0.4, 0.5) is 0 Å². The van der Waals surface area contributed by atoms with Gasteiger partial charge in [-0.25, -0.2) is 0 Å². The van der Waals surface area contributed by atoms with Gasteiger partial charge in [0.1, 0.15) is 0 Å². The van der Waals surface area contributed by atoms with Gasteiger partial charge < -0.3 is 5.32 Å². The Morgan fingerprint density at radius 1 is 1.33 bits per heavy atom. The van der Waals surface area contributed by atoms with Gasteiger partial charge in [-0.15, -0.1) is 0 Å². The van der Waals surface area contributed by atoms with Crippen molar-refractivity contribution in [1.29, 1.82) is 0 Å². The van der Waals surface area contributed by atoms with E-state index in [0.29, 0.717) is 5.54 Å². The molecule has 1 saturated carbocycles. The number of rotatable bonds is 3. The van der Waals surface area contributed by atoms with Crippen LogP contribution in [-0.2, 0) is 0 Å². The molecule has 0 saturated heterocycles. The Labute approximate surface area is 57.8 Å². The van der Waals surface area contributed by atoms with E-state index in [2.05, 4.69) is 19.2 Å². The zero-order valence-corrected chi connectivity index (χ0v) is 6.54. The average Bonchev–Trinajstić information content (AvgIpc) is 1.79. The summed E-state index contributed by atoms with van der Waals surface area (Å²) in [7, 11) is 0. The third-order valence-electron chi connectivity index (χ3n) is 2.54. The number of hydrogen-bond acceptors (Lipinski definition) is 1. The number of hydrogen-bond donors (Lipinski definition) is 1. The second kappa shape index (κ2) is 2.70. The van der Waals surface area contributed by atoms with Gasteiger partial charge >= 0.3 is 0 Å². The first-order valence-electron chi connectivity index (χ1n) is 4.08. The molecule has 9 heavy (non-hydrogen) atoms. The molecule has 54 valence electrons. The molecule has 0 spiro atoms. The second-order valence-corrected chi connectivity index (χ2v) is 3.02. The molecule has 0 heterocycles. The molecule has 1 nitrogen and oxygen atoms in total. The Morgan fingerprint density at radius 2 is 2.00 bits per heavy atom. The van der Waals surface area contributed by atoms with E-state index in [0.717, 1.165) is 6.54 Å². The maximum Gasteiger partial charge on any atom is 0.0178 e. The zero-order valence-electron chi connectivity index (χ0n) is 6.54. The van der Waals surface area contributed by atoms with Gasteiger partial charge in [-0.3, -0.25) is 0 Å². The van der Waals surface area contributed by atoms with Crippen LogP contribution in [0.1, 0.15) is 39.5 Å². The lowest BCUT2D eigenvalue weighted by molar-refractivity contribution is 0.181. The third kappa shape index (κ3) is 1.26. The van der Waals surface area contributed by atoms with Crippen molar-refractivity contribution in [3.8, 4) is 0 Å². The van der Waals surface area contributed by atoms with Crippen LogP contribution in [-0.4, -0.2) is 12.1 Å². The Balaban J connectivity index is 2.28. The predicted octanol–water partition coefficient (Wildman–Crippen LogP) is 1.93. The number of nitrogens with one attached hydrogen (secondary N) is 1. The minimum absolute atomic E-state index is 0.564. The highest BCUT2D eigenvalue weighted by Crippen LogP contribution is 2.34. The molecule has 0 aromatic carbocycles. The van der Waals surface area contributed by atoms with Crippen LogP contribution < -0.4 is 5.32 Å². The molecule has 1 aliphatic rings. The van der Waals surface area contributed by atoms with Gasteiger partial charge in [0, 0.05) is 5.54 Å². The van der Waals surface area contributed by atoms with Gasteiger partial charge in [-0.05, 0) is 32.2 Å². The molecule has 0 unspecified atom stereocenters. The van der Waals surface area contributed by atoms with E-state index in [9.17, 15) is 0 Å². The normalized spacial score (nSPS) is 23.3. The fraction of sp³-hybridized carbons (Fsp3) is 1.00. The van der Waals surface area contributed by atoms with Crippen molar-refractivity contribution in [2.24, 2.45) is 0 Å². The summed E-state index contributed by atoms with van der Waals surface area (Å²) < 4.78 is 0. The molecule has 1 fully saturated rings. The molecule has 1 heteroatoms. The molecule has 0 aliphatic heterocycles. The van der Waals surface area contributed by atoms with Crippen molar-refractivity contribution < 1.29 is 0 Å². The van der Waals surface area contributed by atoms with Crippen molar-refractivity contribution in [3.63, 3.8) is 0 Å². The molecule has 0 bridgehead atoms. The molecule has 0 radical (unpaired) electrons. The third-order valence-corrected chi connectivity index (χ3v) is 2.54. The fourth-order valence-corrected chi connectivity index (χ4v) is 1.63. The highest BCUT2D eigenvalue weighted by molar-refractivity contribution is 4.93. The Hall–Kier alpha value is -0.0400. The van der Waals surface area contributed by atoms with Gasteiger partial charge in [0.15, 0.2) is 0 Å². The largest absolute Gasteiger partial charge is 0.312 e. The first kappa shape index (κ1) is 7.07. The minimum Gasteiger partial charge on any atom is -0.312 e. The molecule has 1 N–H and O–H groups in total. The monoisotopic (exact) mass is 127 g/mol. The van der Waals surface area contributed by atoms with Crippen molar-refractivity contribution in [3.05, 3.63) is 0 Å². The summed E-state index contributed by atoms with van der Waals surface area (Å²) in [5, 5.41) is 3.55. The lowest BCUT2D eigenvalue weighted by Crippen LogP contribution is -2.50. The standard InChI is InChI=1S/C8H17N/c1-3-8(9-4-2)6-5-7-8/h9H,3-7H2,1-2H3. The highest BCUT2D eigenvalue weighted by atomic mass is 15.0. The summed E-state index contributed by atoms with van der Waals surface area (Å²) in [4.78, 5) is 0. The topological polar surface area (TPSA) is 12.0 Å². The molecule has 1 aliphatic carbocycles. The lowest BCUT2D eigenvalue weighted by atomic mass is 9.75. The van der Waals surface area contributed by atoms with Gasteiger partial charge in [-0.1, -0.05) is 13.8 Å². The molecule has 0 aromatic heterocycles. The summed E-state index contributed by atoms with van der Waals surface area (Å²) in [6, 6.07) is 0. The first-order valence-corrected chi connectivity index (χ1v) is 4.08. The minimum atomic E-state index is 0.564. The Kier molecular flexibility index (Phi) is 2.12. The lowest BCUT2D eigenvalue weighted by Gasteiger charge is -2.42. The Morgan fingerprint density at radius 3 is 2.11 bits per heavy atom. The molecule has 1 rings (SSSR count). The van der Waals surface area contributed by atoms with Crippen molar-refractivity contribution in [2.75, 3.05) is 6.54 Å². The Bertz CT molecular complexity index is 79.1. The second-order valence-electron chi connectivity index (χ2n) is 3.02. The van der Waals surface area contributed by atoms with E-state index >= 15 is 0 Å². The van der Waals surface area contributed by atoms with E-state index in [1.54, 1.807) is 0 Å². The summed E-state index contributed by atoms with van der Waals surface area (Å²) >= 11 is 0. The maximum absolute atomic E-state index is 3.55. The highest BCUT2D eigenvalue weighted by Gasteiger charge is 2.33. The summed E-state index contributed by atoms with van der Waals surface area (Å²) in [5.74, 6) is 0. The van der Waals surface area contributed by atoms with Crippen LogP contribution in [0.2, 0.25) is 0 Å². The van der Waals surface area contributed by atoms with Crippen molar-refractivity contribution in [2.45, 2.75) is 45.1 Å². The molecular weight excluding hydrogens is 110 g/mol. The van der Waals surface area contributed by atoms with Crippen LogP contribution in [0, 0.1) is 0 Å². The van der Waals surface area contributed by atoms with Crippen LogP contribution in [0.3, 0.4) is 0 Å². The van der Waals surface area contributed by atoms with E-state index in [1.165, 1.54) is 25.7 Å². The van der Waals surface area contributed by atoms with Crippen molar-refractivity contribution >= 4 is 0 Å². The summed E-state index contributed by atoms with van der Waals surface area (Å²) in [5.41, 5.74) is 0.564. The fourth-order valence-electron chi connectivity index (χ4n) is 1.63. The first-order chi connectivity index (χ1) is 4.33. The van der Waals surface area contributed by atoms with E-state index < -0.39 is 0 Å².